The van der Waals surface area contributed by atoms with E-state index < -0.39 is 10.0 Å². The van der Waals surface area contributed by atoms with Crippen LogP contribution in [0.5, 0.6) is 0 Å². The summed E-state index contributed by atoms with van der Waals surface area (Å²) in [6.45, 7) is 5.58. The van der Waals surface area contributed by atoms with Crippen LogP contribution < -0.4 is 10.0 Å². The molecule has 0 bridgehead atoms. The number of amides is 1. The van der Waals surface area contributed by atoms with E-state index in [1.54, 1.807) is 37.3 Å². The van der Waals surface area contributed by atoms with E-state index in [4.69, 9.17) is 4.52 Å². The van der Waals surface area contributed by atoms with Crippen molar-refractivity contribution in [2.24, 2.45) is 5.92 Å². The first-order chi connectivity index (χ1) is 14.7. The van der Waals surface area contributed by atoms with Crippen molar-refractivity contribution in [2.75, 3.05) is 10.0 Å². The fourth-order valence-corrected chi connectivity index (χ4v) is 5.36. The second-order valence-corrected chi connectivity index (χ2v) is 10.6. The molecule has 2 aromatic heterocycles. The number of thiophene rings is 1. The minimum Gasteiger partial charge on any atom is -0.354 e. The third-order valence-corrected chi connectivity index (χ3v) is 8.11. The average molecular weight is 458 g/mol. The molecule has 7 nitrogen and oxygen atoms in total. The molecule has 1 aliphatic rings. The van der Waals surface area contributed by atoms with Gasteiger partial charge in [0.05, 0.1) is 5.69 Å². The van der Waals surface area contributed by atoms with Crippen molar-refractivity contribution in [3.63, 3.8) is 0 Å². The second kappa shape index (κ2) is 8.32. The first kappa shape index (κ1) is 21.3. The van der Waals surface area contributed by atoms with Crippen LogP contribution in [0.1, 0.15) is 40.3 Å². The van der Waals surface area contributed by atoms with Crippen molar-refractivity contribution in [3.05, 3.63) is 57.8 Å². The largest absolute Gasteiger partial charge is 0.354 e. The number of aryl methyl sites for hydroxylation is 2. The van der Waals surface area contributed by atoms with Gasteiger partial charge in [0, 0.05) is 10.8 Å². The number of hydrogen-bond acceptors (Lipinski definition) is 6. The van der Waals surface area contributed by atoms with Gasteiger partial charge in [0.2, 0.25) is 5.91 Å². The number of sulfonamides is 1. The Morgan fingerprint density at radius 2 is 1.94 bits per heavy atom. The maximum Gasteiger partial charge on any atom is 0.271 e. The van der Waals surface area contributed by atoms with Gasteiger partial charge in [0.25, 0.3) is 10.0 Å². The average Bonchev–Trinajstić information content (AvgIpc) is 3.37. The van der Waals surface area contributed by atoms with Crippen LogP contribution in [0.4, 0.5) is 11.4 Å². The quantitative estimate of drug-likeness (QED) is 0.521. The molecule has 1 fully saturated rings. The molecule has 0 aliphatic heterocycles. The van der Waals surface area contributed by atoms with Gasteiger partial charge < -0.3 is 9.84 Å². The maximum absolute atomic E-state index is 12.8. The predicted octanol–water partition coefficient (Wildman–Crippen LogP) is 4.98. The smallest absolute Gasteiger partial charge is 0.271 e. The van der Waals surface area contributed by atoms with Gasteiger partial charge in [-0.15, -0.1) is 11.3 Å². The van der Waals surface area contributed by atoms with Gasteiger partial charge in [-0.3, -0.25) is 9.52 Å². The maximum atomic E-state index is 12.8. The standard InChI is InChI=1S/C22H23N3O4S2/c1-13-5-4-6-18(14(13)2)25-31(27,28)20-12-10-17(30-20)9-11-19-21(15(3)24-29-19)23-22(26)16-7-8-16/h4-6,9-12,16,25H,7-8H2,1-3H3,(H,23,26). The lowest BCUT2D eigenvalue weighted by Gasteiger charge is -2.10. The Morgan fingerprint density at radius 3 is 2.68 bits per heavy atom. The molecule has 1 amide bonds. The lowest BCUT2D eigenvalue weighted by atomic mass is 10.1. The molecule has 1 aliphatic carbocycles. The van der Waals surface area contributed by atoms with Crippen LogP contribution in [0.2, 0.25) is 0 Å². The highest BCUT2D eigenvalue weighted by molar-refractivity contribution is 7.94. The van der Waals surface area contributed by atoms with Crippen LogP contribution in [0.3, 0.4) is 0 Å². The Kier molecular flexibility index (Phi) is 5.72. The SMILES string of the molecule is Cc1cccc(NS(=O)(=O)c2ccc(C=Cc3onc(C)c3NC(=O)C3CC3)s2)c1C. The highest BCUT2D eigenvalue weighted by atomic mass is 32.2. The zero-order chi connectivity index (χ0) is 22.2. The van der Waals surface area contributed by atoms with Gasteiger partial charge in [-0.25, -0.2) is 8.42 Å². The molecule has 9 heteroatoms. The summed E-state index contributed by atoms with van der Waals surface area (Å²) >= 11 is 1.14. The molecular weight excluding hydrogens is 434 g/mol. The first-order valence-electron chi connectivity index (χ1n) is 9.88. The van der Waals surface area contributed by atoms with Gasteiger partial charge in [0.15, 0.2) is 5.76 Å². The number of benzene rings is 1. The minimum absolute atomic E-state index is 0.0250. The van der Waals surface area contributed by atoms with Gasteiger partial charge in [0.1, 0.15) is 15.6 Å². The zero-order valence-corrected chi connectivity index (χ0v) is 19.1. The number of carbonyl (C=O) groups excluding carboxylic acids is 1. The summed E-state index contributed by atoms with van der Waals surface area (Å²) in [5, 5.41) is 6.80. The third-order valence-electron chi connectivity index (χ3n) is 5.20. The fourth-order valence-electron chi connectivity index (χ4n) is 3.01. The number of rotatable bonds is 7. The molecule has 2 heterocycles. The minimum atomic E-state index is -3.70. The molecule has 1 saturated carbocycles. The number of anilines is 2. The Balaban J connectivity index is 1.51. The van der Waals surface area contributed by atoms with Crippen LogP contribution in [-0.4, -0.2) is 19.5 Å². The van der Waals surface area contributed by atoms with Gasteiger partial charge >= 0.3 is 0 Å². The number of aromatic nitrogens is 1. The molecule has 2 N–H and O–H groups in total. The van der Waals surface area contributed by atoms with Crippen LogP contribution in [0.25, 0.3) is 12.2 Å². The lowest BCUT2D eigenvalue weighted by Crippen LogP contribution is -2.14. The Bertz CT molecular complexity index is 1270. The molecule has 1 aromatic carbocycles. The van der Waals surface area contributed by atoms with Crippen molar-refractivity contribution in [1.82, 2.24) is 5.16 Å². The summed E-state index contributed by atoms with van der Waals surface area (Å²) in [5.41, 5.74) is 3.62. The van der Waals surface area contributed by atoms with Gasteiger partial charge in [-0.2, -0.15) is 0 Å². The van der Waals surface area contributed by atoms with E-state index >= 15 is 0 Å². The Labute approximate surface area is 185 Å². The highest BCUT2D eigenvalue weighted by Crippen LogP contribution is 2.32. The fraction of sp³-hybridized carbons (Fsp3) is 0.273. The molecule has 31 heavy (non-hydrogen) atoms. The van der Waals surface area contributed by atoms with E-state index in [1.165, 1.54) is 0 Å². The van der Waals surface area contributed by atoms with E-state index in [0.717, 1.165) is 40.2 Å². The van der Waals surface area contributed by atoms with Crippen LogP contribution in [0, 0.1) is 26.7 Å². The monoisotopic (exact) mass is 457 g/mol. The van der Waals surface area contributed by atoms with Crippen molar-refractivity contribution in [1.29, 1.82) is 0 Å². The molecular formula is C22H23N3O4S2. The van der Waals surface area contributed by atoms with Crippen LogP contribution in [-0.2, 0) is 14.8 Å². The van der Waals surface area contributed by atoms with Gasteiger partial charge in [-0.05, 0) is 75.1 Å². The number of nitrogens with one attached hydrogen (secondary N) is 2. The summed E-state index contributed by atoms with van der Waals surface area (Å²) in [7, 11) is -3.70. The molecule has 0 atom stereocenters. The normalized spacial score (nSPS) is 14.2. The van der Waals surface area contributed by atoms with Gasteiger partial charge in [-0.1, -0.05) is 17.3 Å². The Hall–Kier alpha value is -2.91. The molecule has 3 aromatic rings. The van der Waals surface area contributed by atoms with Crippen LogP contribution >= 0.6 is 11.3 Å². The molecule has 4 rings (SSSR count). The molecule has 0 unspecified atom stereocenters. The second-order valence-electron chi connectivity index (χ2n) is 7.61. The first-order valence-corrected chi connectivity index (χ1v) is 12.2. The molecule has 0 saturated heterocycles. The van der Waals surface area contributed by atoms with E-state index in [1.807, 2.05) is 26.0 Å². The number of nitrogens with zero attached hydrogens (tertiary/aromatic N) is 1. The number of carbonyl (C=O) groups is 1. The molecule has 0 radical (unpaired) electrons. The lowest BCUT2D eigenvalue weighted by molar-refractivity contribution is -0.117. The topological polar surface area (TPSA) is 101 Å². The summed E-state index contributed by atoms with van der Waals surface area (Å²) in [6, 6.07) is 8.80. The van der Waals surface area contributed by atoms with E-state index in [2.05, 4.69) is 15.2 Å². The van der Waals surface area contributed by atoms with E-state index in [9.17, 15) is 13.2 Å². The summed E-state index contributed by atoms with van der Waals surface area (Å²) in [6.07, 6.45) is 5.24. The summed E-state index contributed by atoms with van der Waals surface area (Å²) < 4.78 is 33.8. The zero-order valence-electron chi connectivity index (χ0n) is 17.4. The molecule has 0 spiro atoms. The van der Waals surface area contributed by atoms with Crippen molar-refractivity contribution >= 4 is 50.8 Å². The van der Waals surface area contributed by atoms with Crippen molar-refractivity contribution in [2.45, 2.75) is 37.8 Å². The third kappa shape index (κ3) is 4.72. The van der Waals surface area contributed by atoms with E-state index in [-0.39, 0.29) is 16.0 Å². The van der Waals surface area contributed by atoms with Crippen molar-refractivity contribution in [3.8, 4) is 0 Å². The van der Waals surface area contributed by atoms with E-state index in [0.29, 0.717) is 22.8 Å². The number of hydrogen-bond donors (Lipinski definition) is 2. The highest BCUT2D eigenvalue weighted by Gasteiger charge is 2.30. The summed E-state index contributed by atoms with van der Waals surface area (Å²) in [4.78, 5) is 12.8. The Morgan fingerprint density at radius 1 is 1.16 bits per heavy atom. The predicted molar refractivity (Wildman–Crippen MR) is 123 cm³/mol. The van der Waals surface area contributed by atoms with Crippen LogP contribution in [0.15, 0.2) is 39.1 Å². The molecule has 162 valence electrons. The van der Waals surface area contributed by atoms with Crippen molar-refractivity contribution < 1.29 is 17.7 Å². The summed E-state index contributed by atoms with van der Waals surface area (Å²) in [5.74, 6) is 0.474.